The number of nitrogens with zero attached hydrogens (tertiary/aromatic N) is 2. The van der Waals surface area contributed by atoms with Gasteiger partial charge in [-0.1, -0.05) is 72.8 Å². The number of ketones is 1. The molecule has 0 amide bonds. The Morgan fingerprint density at radius 2 is 1.50 bits per heavy atom. The van der Waals surface area contributed by atoms with Crippen LogP contribution in [-0.2, 0) is 4.79 Å². The van der Waals surface area contributed by atoms with Gasteiger partial charge in [0.15, 0.2) is 11.5 Å². The van der Waals surface area contributed by atoms with Gasteiger partial charge in [-0.3, -0.25) is 9.59 Å². The van der Waals surface area contributed by atoms with Crippen molar-refractivity contribution < 1.29 is 19.8 Å². The fourth-order valence-corrected chi connectivity index (χ4v) is 3.73. The number of Topliss-reactive ketones (excluding diaryl/α,β-unsaturated/α-hetero) is 1. The first kappa shape index (κ1) is 20.8. The van der Waals surface area contributed by atoms with E-state index in [2.05, 4.69) is 4.98 Å². The number of para-hydroxylation sites is 1. The summed E-state index contributed by atoms with van der Waals surface area (Å²) in [6.45, 7) is 0. The van der Waals surface area contributed by atoms with Crippen LogP contribution in [0.4, 0.5) is 0 Å². The molecule has 1 heterocycles. The van der Waals surface area contributed by atoms with Crippen molar-refractivity contribution in [2.75, 3.05) is 0 Å². The van der Waals surface area contributed by atoms with Crippen molar-refractivity contribution in [3.63, 3.8) is 0 Å². The van der Waals surface area contributed by atoms with Crippen LogP contribution < -0.4 is 0 Å². The quantitative estimate of drug-likeness (QED) is 0.414. The molecule has 0 aliphatic carbocycles. The SMILES string of the molecule is N#Cc1c(O)c(C(=O)CCC(=O)O)nc2c(-c3ccccc3-c3ccccc3)cccc12. The fraction of sp³-hybridized carbons (Fsp3) is 0.0769. The zero-order chi connectivity index (χ0) is 22.7. The van der Waals surface area contributed by atoms with E-state index >= 15 is 0 Å². The standard InChI is InChI=1S/C26H18N2O4/c27-15-21-20-12-6-11-19(18-10-5-4-9-17(18)16-7-2-1-3-8-16)24(20)28-25(26(21)32)22(29)13-14-23(30)31/h1-12,32H,13-14H2,(H,30,31). The molecule has 1 aromatic heterocycles. The number of pyridine rings is 1. The number of benzene rings is 3. The zero-order valence-electron chi connectivity index (χ0n) is 16.9. The van der Waals surface area contributed by atoms with Crippen LogP contribution in [-0.4, -0.2) is 26.9 Å². The highest BCUT2D eigenvalue weighted by Crippen LogP contribution is 2.38. The molecule has 4 aromatic rings. The number of hydrogen-bond donors (Lipinski definition) is 2. The maximum absolute atomic E-state index is 12.6. The van der Waals surface area contributed by atoms with Gasteiger partial charge in [-0.05, 0) is 16.7 Å². The molecule has 156 valence electrons. The summed E-state index contributed by atoms with van der Waals surface area (Å²) in [5, 5.41) is 29.6. The molecule has 0 aliphatic rings. The highest BCUT2D eigenvalue weighted by Gasteiger charge is 2.22. The highest BCUT2D eigenvalue weighted by atomic mass is 16.4. The number of aliphatic carboxylic acids is 1. The van der Waals surface area contributed by atoms with Crippen LogP contribution in [0.15, 0.2) is 72.8 Å². The predicted octanol–water partition coefficient (Wildman–Crippen LogP) is 5.19. The van der Waals surface area contributed by atoms with Crippen LogP contribution in [0, 0.1) is 11.3 Å². The van der Waals surface area contributed by atoms with E-state index in [1.165, 1.54) is 0 Å². The predicted molar refractivity (Wildman–Crippen MR) is 120 cm³/mol. The molecule has 0 aliphatic heterocycles. The lowest BCUT2D eigenvalue weighted by atomic mass is 9.92. The summed E-state index contributed by atoms with van der Waals surface area (Å²) in [4.78, 5) is 27.9. The molecule has 3 aromatic carbocycles. The van der Waals surface area contributed by atoms with Crippen molar-refractivity contribution in [3.05, 3.63) is 84.1 Å². The van der Waals surface area contributed by atoms with Gasteiger partial charge in [-0.15, -0.1) is 0 Å². The summed E-state index contributed by atoms with van der Waals surface area (Å²) in [7, 11) is 0. The Morgan fingerprint density at radius 1 is 0.844 bits per heavy atom. The Labute approximate surface area is 184 Å². The number of rotatable bonds is 6. The van der Waals surface area contributed by atoms with Gasteiger partial charge in [0.05, 0.1) is 11.9 Å². The van der Waals surface area contributed by atoms with Crippen LogP contribution in [0.5, 0.6) is 5.75 Å². The van der Waals surface area contributed by atoms with Gasteiger partial charge in [0, 0.05) is 17.4 Å². The Bertz CT molecular complexity index is 1390. The number of carbonyl (C=O) groups excluding carboxylic acids is 1. The number of hydrogen-bond acceptors (Lipinski definition) is 5. The summed E-state index contributed by atoms with van der Waals surface area (Å²) < 4.78 is 0. The molecule has 0 saturated carbocycles. The van der Waals surface area contributed by atoms with E-state index in [0.717, 1.165) is 16.7 Å². The lowest BCUT2D eigenvalue weighted by Gasteiger charge is -2.14. The lowest BCUT2D eigenvalue weighted by Crippen LogP contribution is -2.08. The van der Waals surface area contributed by atoms with E-state index < -0.39 is 23.9 Å². The molecule has 2 N–H and O–H groups in total. The number of aromatic hydroxyl groups is 1. The van der Waals surface area contributed by atoms with E-state index in [0.29, 0.717) is 16.5 Å². The second kappa shape index (κ2) is 8.70. The molecule has 0 fully saturated rings. The highest BCUT2D eigenvalue weighted by molar-refractivity contribution is 6.06. The van der Waals surface area contributed by atoms with Crippen LogP contribution in [0.25, 0.3) is 33.2 Å². The number of aromatic nitrogens is 1. The minimum atomic E-state index is -1.13. The molecule has 0 bridgehead atoms. The third-order valence-corrected chi connectivity index (χ3v) is 5.23. The van der Waals surface area contributed by atoms with E-state index in [-0.39, 0.29) is 17.7 Å². The summed E-state index contributed by atoms with van der Waals surface area (Å²) in [6.07, 6.45) is -0.715. The molecule has 6 nitrogen and oxygen atoms in total. The van der Waals surface area contributed by atoms with Crippen LogP contribution >= 0.6 is 0 Å². The topological polar surface area (TPSA) is 111 Å². The third kappa shape index (κ3) is 3.80. The Kier molecular flexibility index (Phi) is 5.65. The maximum Gasteiger partial charge on any atom is 0.303 e. The first-order valence-corrected chi connectivity index (χ1v) is 9.97. The van der Waals surface area contributed by atoms with Crippen molar-refractivity contribution in [1.82, 2.24) is 4.98 Å². The molecule has 0 unspecified atom stereocenters. The average Bonchev–Trinajstić information content (AvgIpc) is 2.82. The zero-order valence-corrected chi connectivity index (χ0v) is 16.9. The first-order chi connectivity index (χ1) is 15.5. The minimum Gasteiger partial charge on any atom is -0.504 e. The normalized spacial score (nSPS) is 10.6. The van der Waals surface area contributed by atoms with Gasteiger partial charge in [-0.25, -0.2) is 4.98 Å². The van der Waals surface area contributed by atoms with Gasteiger partial charge in [0.1, 0.15) is 17.3 Å². The average molecular weight is 422 g/mol. The van der Waals surface area contributed by atoms with Gasteiger partial charge in [-0.2, -0.15) is 5.26 Å². The molecule has 0 saturated heterocycles. The van der Waals surface area contributed by atoms with Crippen molar-refractivity contribution in [3.8, 4) is 34.1 Å². The van der Waals surface area contributed by atoms with E-state index in [1.54, 1.807) is 12.1 Å². The number of fused-ring (bicyclic) bond motifs is 1. The molecule has 0 radical (unpaired) electrons. The van der Waals surface area contributed by atoms with Crippen molar-refractivity contribution in [2.24, 2.45) is 0 Å². The van der Waals surface area contributed by atoms with Crippen LogP contribution in [0.3, 0.4) is 0 Å². The fourth-order valence-electron chi connectivity index (χ4n) is 3.73. The Balaban J connectivity index is 1.98. The second-order valence-electron chi connectivity index (χ2n) is 7.23. The molecule has 0 spiro atoms. The van der Waals surface area contributed by atoms with Gasteiger partial charge in [0.25, 0.3) is 0 Å². The Morgan fingerprint density at radius 3 is 2.19 bits per heavy atom. The summed E-state index contributed by atoms with van der Waals surface area (Å²) in [6, 6.07) is 24.8. The van der Waals surface area contributed by atoms with Gasteiger partial charge in [0.2, 0.25) is 0 Å². The van der Waals surface area contributed by atoms with Crippen LogP contribution in [0.2, 0.25) is 0 Å². The first-order valence-electron chi connectivity index (χ1n) is 9.97. The smallest absolute Gasteiger partial charge is 0.303 e. The van der Waals surface area contributed by atoms with Crippen molar-refractivity contribution in [2.45, 2.75) is 12.8 Å². The summed E-state index contributed by atoms with van der Waals surface area (Å²) >= 11 is 0. The van der Waals surface area contributed by atoms with E-state index in [1.807, 2.05) is 66.7 Å². The largest absolute Gasteiger partial charge is 0.504 e. The number of carboxylic acid groups (broad SMARTS) is 1. The van der Waals surface area contributed by atoms with Crippen molar-refractivity contribution in [1.29, 1.82) is 5.26 Å². The molecular weight excluding hydrogens is 404 g/mol. The second-order valence-corrected chi connectivity index (χ2v) is 7.23. The number of nitriles is 1. The van der Waals surface area contributed by atoms with Crippen LogP contribution in [0.1, 0.15) is 28.9 Å². The number of carbonyl (C=O) groups is 2. The number of carboxylic acids is 1. The third-order valence-electron chi connectivity index (χ3n) is 5.23. The Hall–Kier alpha value is -4.50. The maximum atomic E-state index is 12.6. The molecule has 4 rings (SSSR count). The lowest BCUT2D eigenvalue weighted by molar-refractivity contribution is -0.136. The molecular formula is C26H18N2O4. The minimum absolute atomic E-state index is 0.0623. The van der Waals surface area contributed by atoms with Gasteiger partial charge < -0.3 is 10.2 Å². The van der Waals surface area contributed by atoms with Gasteiger partial charge >= 0.3 is 5.97 Å². The van der Waals surface area contributed by atoms with Crippen molar-refractivity contribution >= 4 is 22.7 Å². The monoisotopic (exact) mass is 422 g/mol. The molecule has 0 atom stereocenters. The molecule has 32 heavy (non-hydrogen) atoms. The summed E-state index contributed by atoms with van der Waals surface area (Å²) in [5.74, 6) is -2.28. The van der Waals surface area contributed by atoms with E-state index in [9.17, 15) is 20.0 Å². The van der Waals surface area contributed by atoms with E-state index in [4.69, 9.17) is 5.11 Å². The summed E-state index contributed by atoms with van der Waals surface area (Å²) in [5.41, 5.74) is 3.54. The molecule has 6 heteroatoms.